The van der Waals surface area contributed by atoms with Crippen LogP contribution in [0, 0.1) is 29.9 Å². The van der Waals surface area contributed by atoms with Crippen LogP contribution in [0.1, 0.15) is 55.8 Å². The maximum Gasteiger partial charge on any atom is 0.260 e. The zero-order valence-corrected chi connectivity index (χ0v) is 22.4. The molecule has 3 heterocycles. The van der Waals surface area contributed by atoms with Crippen molar-refractivity contribution in [1.82, 2.24) is 25.0 Å². The van der Waals surface area contributed by atoms with Crippen molar-refractivity contribution in [3.8, 4) is 29.5 Å². The molecule has 0 aliphatic carbocycles. The van der Waals surface area contributed by atoms with Gasteiger partial charge in [-0.2, -0.15) is 4.98 Å². The Hall–Kier alpha value is -4.07. The number of rotatable bonds is 10. The molecule has 0 bridgehead atoms. The van der Waals surface area contributed by atoms with E-state index in [0.717, 1.165) is 55.8 Å². The van der Waals surface area contributed by atoms with E-state index in [4.69, 9.17) is 15.7 Å². The third kappa shape index (κ3) is 6.69. The molecular weight excluding hydrogens is 506 g/mol. The van der Waals surface area contributed by atoms with E-state index in [1.165, 1.54) is 7.05 Å². The molecule has 1 aliphatic heterocycles. The molecule has 1 aromatic carbocycles. The van der Waals surface area contributed by atoms with Crippen LogP contribution in [0.5, 0.6) is 5.75 Å². The fourth-order valence-electron chi connectivity index (χ4n) is 4.40. The van der Waals surface area contributed by atoms with Gasteiger partial charge in [0.1, 0.15) is 22.9 Å². The number of anilines is 1. The molecule has 0 saturated carbocycles. The van der Waals surface area contributed by atoms with E-state index < -0.39 is 29.1 Å². The summed E-state index contributed by atoms with van der Waals surface area (Å²) >= 11 is 0. The summed E-state index contributed by atoms with van der Waals surface area (Å²) in [4.78, 5) is 29.0. The Labute approximate surface area is 226 Å². The average molecular weight is 539 g/mol. The van der Waals surface area contributed by atoms with Crippen LogP contribution in [0.2, 0.25) is 0 Å². The number of carbonyl (C=O) groups excluding carboxylic acids is 1. The third-order valence-electron chi connectivity index (χ3n) is 6.96. The van der Waals surface area contributed by atoms with Gasteiger partial charge in [0, 0.05) is 51.1 Å². The summed E-state index contributed by atoms with van der Waals surface area (Å²) < 4.78 is 39.8. The molecule has 0 spiro atoms. The number of hydrogen-bond donors (Lipinski definition) is 0. The molecule has 0 N–H and O–H groups in total. The van der Waals surface area contributed by atoms with E-state index in [9.17, 15) is 13.6 Å². The number of aryl methyl sites for hydroxylation is 1. The Bertz CT molecular complexity index is 1290. The first-order valence-electron chi connectivity index (χ1n) is 13.1. The van der Waals surface area contributed by atoms with Crippen molar-refractivity contribution in [2.45, 2.75) is 52.0 Å². The van der Waals surface area contributed by atoms with E-state index >= 15 is 0 Å². The van der Waals surface area contributed by atoms with Gasteiger partial charge in [0.15, 0.2) is 0 Å². The Kier molecular flexibility index (Phi) is 9.07. The van der Waals surface area contributed by atoms with Crippen molar-refractivity contribution in [3.63, 3.8) is 0 Å². The second-order valence-corrected chi connectivity index (χ2v) is 9.58. The molecule has 1 aliphatic rings. The first-order valence-corrected chi connectivity index (χ1v) is 13.1. The van der Waals surface area contributed by atoms with Crippen LogP contribution in [0.4, 0.5) is 14.7 Å². The molecular formula is C28H32F2N6O3. The molecule has 39 heavy (non-hydrogen) atoms. The lowest BCUT2D eigenvalue weighted by Gasteiger charge is -2.32. The van der Waals surface area contributed by atoms with Crippen molar-refractivity contribution in [3.05, 3.63) is 47.6 Å². The number of terminal acetylenes is 1. The van der Waals surface area contributed by atoms with Crippen molar-refractivity contribution in [2.75, 3.05) is 31.6 Å². The standard InChI is InChI=1S/C28H32F2N6O3/c1-5-18(3)35(4)27(37)25-22(29)14-21(15-23(25)30)38-13-7-8-19-9-11-36(12-10-19)28-31-16-20(17-32-28)26-33-24(6-2)39-34-26/h1,14-19H,6-13H2,2-4H3. The number of hydrogen-bond acceptors (Lipinski definition) is 8. The monoisotopic (exact) mass is 538 g/mol. The van der Waals surface area contributed by atoms with Crippen LogP contribution >= 0.6 is 0 Å². The highest BCUT2D eigenvalue weighted by atomic mass is 19.1. The molecule has 1 atom stereocenters. The Morgan fingerprint density at radius 1 is 1.26 bits per heavy atom. The summed E-state index contributed by atoms with van der Waals surface area (Å²) in [5.41, 5.74) is 0.0710. The molecule has 2 aromatic heterocycles. The molecule has 1 fully saturated rings. The fraction of sp³-hybridized carbons (Fsp3) is 0.464. The molecule has 1 saturated heterocycles. The minimum Gasteiger partial charge on any atom is -0.493 e. The van der Waals surface area contributed by atoms with Crippen LogP contribution < -0.4 is 9.64 Å². The highest BCUT2D eigenvalue weighted by molar-refractivity contribution is 5.95. The van der Waals surface area contributed by atoms with Crippen molar-refractivity contribution < 1.29 is 22.8 Å². The number of amides is 1. The van der Waals surface area contributed by atoms with Gasteiger partial charge in [0.2, 0.25) is 17.7 Å². The highest BCUT2D eigenvalue weighted by Gasteiger charge is 2.25. The molecule has 3 aromatic rings. The molecule has 0 radical (unpaired) electrons. The van der Waals surface area contributed by atoms with Gasteiger partial charge in [0.25, 0.3) is 5.91 Å². The molecule has 206 valence electrons. The van der Waals surface area contributed by atoms with Gasteiger partial charge in [-0.15, -0.1) is 6.42 Å². The van der Waals surface area contributed by atoms with E-state index in [2.05, 4.69) is 30.9 Å². The number of ether oxygens (including phenoxy) is 1. The summed E-state index contributed by atoms with van der Waals surface area (Å²) in [6, 6.07) is 1.48. The minimum absolute atomic E-state index is 0.0522. The largest absolute Gasteiger partial charge is 0.493 e. The van der Waals surface area contributed by atoms with Gasteiger partial charge in [0.05, 0.1) is 18.2 Å². The average Bonchev–Trinajstić information content (AvgIpc) is 3.44. The van der Waals surface area contributed by atoms with E-state index in [1.54, 1.807) is 19.3 Å². The van der Waals surface area contributed by atoms with Gasteiger partial charge in [-0.3, -0.25) is 4.79 Å². The molecule has 9 nitrogen and oxygen atoms in total. The predicted molar refractivity (Wildman–Crippen MR) is 141 cm³/mol. The first kappa shape index (κ1) is 28.0. The van der Waals surface area contributed by atoms with Gasteiger partial charge in [-0.05, 0) is 38.5 Å². The Morgan fingerprint density at radius 3 is 2.51 bits per heavy atom. The minimum atomic E-state index is -0.975. The van der Waals surface area contributed by atoms with Gasteiger partial charge >= 0.3 is 0 Å². The number of carbonyl (C=O) groups is 1. The normalized spacial score (nSPS) is 14.6. The number of piperidine rings is 1. The number of nitrogens with zero attached hydrogens (tertiary/aromatic N) is 6. The van der Waals surface area contributed by atoms with Crippen LogP contribution in [0.25, 0.3) is 11.4 Å². The maximum absolute atomic E-state index is 14.5. The van der Waals surface area contributed by atoms with Crippen LogP contribution in [-0.2, 0) is 6.42 Å². The molecule has 11 heteroatoms. The Morgan fingerprint density at radius 2 is 1.92 bits per heavy atom. The smallest absolute Gasteiger partial charge is 0.260 e. The van der Waals surface area contributed by atoms with Gasteiger partial charge < -0.3 is 19.1 Å². The SMILES string of the molecule is C#CC(C)N(C)C(=O)c1c(F)cc(OCCCC2CCN(c3ncc(-c4noc(CC)n4)cn3)CC2)cc1F. The van der Waals surface area contributed by atoms with Crippen LogP contribution in [0.15, 0.2) is 29.0 Å². The van der Waals surface area contributed by atoms with Gasteiger partial charge in [-0.1, -0.05) is 18.0 Å². The summed E-state index contributed by atoms with van der Waals surface area (Å²) in [6.45, 7) is 5.54. The summed E-state index contributed by atoms with van der Waals surface area (Å²) in [6.07, 6.45) is 13.0. The predicted octanol–water partition coefficient (Wildman–Crippen LogP) is 4.54. The van der Waals surface area contributed by atoms with Crippen molar-refractivity contribution >= 4 is 11.9 Å². The quantitative estimate of drug-likeness (QED) is 0.274. The lowest BCUT2D eigenvalue weighted by atomic mass is 9.92. The summed E-state index contributed by atoms with van der Waals surface area (Å²) in [7, 11) is 1.41. The van der Waals surface area contributed by atoms with E-state index in [0.29, 0.717) is 42.2 Å². The zero-order chi connectivity index (χ0) is 27.9. The maximum atomic E-state index is 14.5. The van der Waals surface area contributed by atoms with Crippen LogP contribution in [-0.4, -0.2) is 63.7 Å². The number of benzene rings is 1. The summed E-state index contributed by atoms with van der Waals surface area (Å²) in [5, 5.41) is 3.95. The molecule has 1 amide bonds. The Balaban J connectivity index is 1.21. The fourth-order valence-corrected chi connectivity index (χ4v) is 4.40. The van der Waals surface area contributed by atoms with Crippen molar-refractivity contribution in [2.24, 2.45) is 5.92 Å². The molecule has 4 rings (SSSR count). The lowest BCUT2D eigenvalue weighted by Crippen LogP contribution is -2.35. The van der Waals surface area contributed by atoms with Crippen LogP contribution in [0.3, 0.4) is 0 Å². The topological polar surface area (TPSA) is 97.5 Å². The zero-order valence-electron chi connectivity index (χ0n) is 22.4. The second kappa shape index (κ2) is 12.7. The first-order chi connectivity index (χ1) is 18.8. The number of aromatic nitrogens is 4. The summed E-state index contributed by atoms with van der Waals surface area (Å²) in [5.74, 6) is 1.90. The van der Waals surface area contributed by atoms with Crippen molar-refractivity contribution in [1.29, 1.82) is 0 Å². The van der Waals surface area contributed by atoms with Gasteiger partial charge in [-0.25, -0.2) is 18.7 Å². The number of halogens is 2. The van der Waals surface area contributed by atoms with E-state index in [-0.39, 0.29) is 5.75 Å². The second-order valence-electron chi connectivity index (χ2n) is 9.58. The third-order valence-corrected chi connectivity index (χ3v) is 6.96. The molecule has 1 unspecified atom stereocenters. The lowest BCUT2D eigenvalue weighted by molar-refractivity contribution is 0.0764. The van der Waals surface area contributed by atoms with E-state index in [1.807, 2.05) is 6.92 Å². The highest BCUT2D eigenvalue weighted by Crippen LogP contribution is 2.26.